The predicted molar refractivity (Wildman–Crippen MR) is 69.6 cm³/mol. The Hall–Kier alpha value is -2.41. The minimum atomic E-state index is -0.539. The van der Waals surface area contributed by atoms with Gasteiger partial charge in [-0.15, -0.1) is 0 Å². The van der Waals surface area contributed by atoms with Gasteiger partial charge in [0.15, 0.2) is 0 Å². The topological polar surface area (TPSA) is 35.8 Å². The molecule has 0 spiro atoms. The molecule has 0 saturated heterocycles. The highest BCUT2D eigenvalue weighted by atomic mass is 19.1. The molecule has 96 valence electrons. The van der Waals surface area contributed by atoms with Crippen LogP contribution in [0.3, 0.4) is 0 Å². The SMILES string of the molecule is CC(Nc1ccc(F)c(C#N)c1)c1ccc(F)cc1. The fourth-order valence-corrected chi connectivity index (χ4v) is 1.79. The molecule has 4 heteroatoms. The number of anilines is 1. The number of nitrogens with one attached hydrogen (secondary N) is 1. The smallest absolute Gasteiger partial charge is 0.141 e. The van der Waals surface area contributed by atoms with Crippen LogP contribution in [0.5, 0.6) is 0 Å². The van der Waals surface area contributed by atoms with Crippen LogP contribution in [0.2, 0.25) is 0 Å². The predicted octanol–water partition coefficient (Wildman–Crippen LogP) is 4.01. The Kier molecular flexibility index (Phi) is 3.76. The monoisotopic (exact) mass is 258 g/mol. The molecule has 1 unspecified atom stereocenters. The average Bonchev–Trinajstić information content (AvgIpc) is 2.41. The van der Waals surface area contributed by atoms with E-state index in [-0.39, 0.29) is 17.4 Å². The summed E-state index contributed by atoms with van der Waals surface area (Å²) in [6.07, 6.45) is 0. The molecule has 2 aromatic rings. The quantitative estimate of drug-likeness (QED) is 0.902. The average molecular weight is 258 g/mol. The second-order valence-corrected chi connectivity index (χ2v) is 4.22. The lowest BCUT2D eigenvalue weighted by Crippen LogP contribution is -2.07. The Bertz CT molecular complexity index is 615. The van der Waals surface area contributed by atoms with Gasteiger partial charge in [0.2, 0.25) is 0 Å². The molecule has 0 heterocycles. The molecule has 0 bridgehead atoms. The van der Waals surface area contributed by atoms with Gasteiger partial charge >= 0.3 is 0 Å². The molecule has 2 nitrogen and oxygen atoms in total. The minimum absolute atomic E-state index is 0.00342. The summed E-state index contributed by atoms with van der Waals surface area (Å²) in [6.45, 7) is 1.91. The van der Waals surface area contributed by atoms with Gasteiger partial charge in [-0.1, -0.05) is 12.1 Å². The van der Waals surface area contributed by atoms with E-state index in [0.717, 1.165) is 5.56 Å². The second kappa shape index (κ2) is 5.49. The minimum Gasteiger partial charge on any atom is -0.378 e. The molecular weight excluding hydrogens is 246 g/mol. The highest BCUT2D eigenvalue weighted by Crippen LogP contribution is 2.21. The van der Waals surface area contributed by atoms with Gasteiger partial charge in [-0.3, -0.25) is 0 Å². The summed E-state index contributed by atoms with van der Waals surface area (Å²) in [7, 11) is 0. The molecule has 0 fully saturated rings. The summed E-state index contributed by atoms with van der Waals surface area (Å²) in [4.78, 5) is 0. The fourth-order valence-electron chi connectivity index (χ4n) is 1.79. The molecule has 0 aliphatic heterocycles. The zero-order chi connectivity index (χ0) is 13.8. The molecule has 0 aliphatic carbocycles. The highest BCUT2D eigenvalue weighted by Gasteiger charge is 2.07. The van der Waals surface area contributed by atoms with E-state index in [2.05, 4.69) is 5.32 Å². The van der Waals surface area contributed by atoms with Gasteiger partial charge in [0, 0.05) is 11.7 Å². The number of halogens is 2. The van der Waals surface area contributed by atoms with E-state index in [9.17, 15) is 8.78 Å². The molecular formula is C15H12F2N2. The summed E-state index contributed by atoms with van der Waals surface area (Å²) >= 11 is 0. The summed E-state index contributed by atoms with van der Waals surface area (Å²) in [5.74, 6) is -0.827. The van der Waals surface area contributed by atoms with E-state index in [1.165, 1.54) is 24.3 Å². The van der Waals surface area contributed by atoms with Gasteiger partial charge < -0.3 is 5.32 Å². The van der Waals surface area contributed by atoms with Crippen molar-refractivity contribution in [3.63, 3.8) is 0 Å². The van der Waals surface area contributed by atoms with E-state index < -0.39 is 5.82 Å². The Morgan fingerprint density at radius 2 is 1.79 bits per heavy atom. The van der Waals surface area contributed by atoms with Crippen molar-refractivity contribution in [1.29, 1.82) is 5.26 Å². The van der Waals surface area contributed by atoms with E-state index in [1.54, 1.807) is 24.3 Å². The fraction of sp³-hybridized carbons (Fsp3) is 0.133. The third kappa shape index (κ3) is 3.08. The van der Waals surface area contributed by atoms with Crippen LogP contribution in [0.15, 0.2) is 42.5 Å². The van der Waals surface area contributed by atoms with Gasteiger partial charge in [-0.05, 0) is 42.8 Å². The maximum absolute atomic E-state index is 13.2. The van der Waals surface area contributed by atoms with Crippen molar-refractivity contribution in [3.8, 4) is 6.07 Å². The molecule has 19 heavy (non-hydrogen) atoms. The number of rotatable bonds is 3. The standard InChI is InChI=1S/C15H12F2N2/c1-10(11-2-4-13(16)5-3-11)19-14-6-7-15(17)12(8-14)9-18/h2-8,10,19H,1H3. The van der Waals surface area contributed by atoms with Crippen LogP contribution in [0, 0.1) is 23.0 Å². The van der Waals surface area contributed by atoms with Crippen molar-refractivity contribution in [2.24, 2.45) is 0 Å². The third-order valence-electron chi connectivity index (χ3n) is 2.84. The van der Waals surface area contributed by atoms with Crippen molar-refractivity contribution < 1.29 is 8.78 Å². The van der Waals surface area contributed by atoms with Crippen molar-refractivity contribution in [3.05, 3.63) is 65.2 Å². The first-order chi connectivity index (χ1) is 9.10. The van der Waals surface area contributed by atoms with Gasteiger partial charge in [0.05, 0.1) is 5.56 Å². The first-order valence-corrected chi connectivity index (χ1v) is 5.82. The van der Waals surface area contributed by atoms with Gasteiger partial charge in [0.25, 0.3) is 0 Å². The largest absolute Gasteiger partial charge is 0.378 e. The van der Waals surface area contributed by atoms with Gasteiger partial charge in [-0.25, -0.2) is 8.78 Å². The van der Waals surface area contributed by atoms with Gasteiger partial charge in [-0.2, -0.15) is 5.26 Å². The second-order valence-electron chi connectivity index (χ2n) is 4.22. The Labute approximate surface area is 110 Å². The summed E-state index contributed by atoms with van der Waals surface area (Å²) < 4.78 is 26.0. The van der Waals surface area contributed by atoms with Crippen molar-refractivity contribution in [1.82, 2.24) is 0 Å². The molecule has 1 atom stereocenters. The Morgan fingerprint density at radius 3 is 2.42 bits per heavy atom. The third-order valence-corrected chi connectivity index (χ3v) is 2.84. The zero-order valence-corrected chi connectivity index (χ0v) is 10.3. The van der Waals surface area contributed by atoms with Crippen LogP contribution >= 0.6 is 0 Å². The van der Waals surface area contributed by atoms with Crippen LogP contribution in [0.25, 0.3) is 0 Å². The van der Waals surface area contributed by atoms with Crippen molar-refractivity contribution in [2.75, 3.05) is 5.32 Å². The van der Waals surface area contributed by atoms with Crippen molar-refractivity contribution in [2.45, 2.75) is 13.0 Å². The van der Waals surface area contributed by atoms with Gasteiger partial charge in [0.1, 0.15) is 17.7 Å². The first kappa shape index (κ1) is 13.0. The number of nitriles is 1. The van der Waals surface area contributed by atoms with E-state index in [1.807, 2.05) is 6.92 Å². The first-order valence-electron chi connectivity index (χ1n) is 5.82. The number of benzene rings is 2. The van der Waals surface area contributed by atoms with Crippen LogP contribution in [-0.4, -0.2) is 0 Å². The van der Waals surface area contributed by atoms with E-state index >= 15 is 0 Å². The van der Waals surface area contributed by atoms with Crippen LogP contribution < -0.4 is 5.32 Å². The van der Waals surface area contributed by atoms with Crippen LogP contribution in [-0.2, 0) is 0 Å². The molecule has 0 radical (unpaired) electrons. The maximum Gasteiger partial charge on any atom is 0.141 e. The Balaban J connectivity index is 2.17. The zero-order valence-electron chi connectivity index (χ0n) is 10.3. The summed E-state index contributed by atoms with van der Waals surface area (Å²) in [5.41, 5.74) is 1.55. The maximum atomic E-state index is 13.2. The summed E-state index contributed by atoms with van der Waals surface area (Å²) in [5, 5.41) is 11.9. The highest BCUT2D eigenvalue weighted by molar-refractivity contribution is 5.51. The molecule has 2 rings (SSSR count). The lowest BCUT2D eigenvalue weighted by molar-refractivity contribution is 0.623. The number of hydrogen-bond acceptors (Lipinski definition) is 2. The molecule has 0 saturated carbocycles. The Morgan fingerprint density at radius 1 is 1.11 bits per heavy atom. The van der Waals surface area contributed by atoms with E-state index in [0.29, 0.717) is 5.69 Å². The normalized spacial score (nSPS) is 11.7. The molecule has 0 amide bonds. The number of hydrogen-bond donors (Lipinski definition) is 1. The molecule has 0 aliphatic rings. The lowest BCUT2D eigenvalue weighted by Gasteiger charge is -2.16. The van der Waals surface area contributed by atoms with Crippen LogP contribution in [0.1, 0.15) is 24.1 Å². The lowest BCUT2D eigenvalue weighted by atomic mass is 10.1. The summed E-state index contributed by atoms with van der Waals surface area (Å²) in [6, 6.07) is 12.1. The van der Waals surface area contributed by atoms with Crippen molar-refractivity contribution >= 4 is 5.69 Å². The molecule has 0 aromatic heterocycles. The number of nitrogens with zero attached hydrogens (tertiary/aromatic N) is 1. The molecule has 2 aromatic carbocycles. The van der Waals surface area contributed by atoms with Crippen LogP contribution in [0.4, 0.5) is 14.5 Å². The van der Waals surface area contributed by atoms with E-state index in [4.69, 9.17) is 5.26 Å². The molecule has 1 N–H and O–H groups in total.